The van der Waals surface area contributed by atoms with Gasteiger partial charge < -0.3 is 21.1 Å². The molecule has 0 saturated carbocycles. The zero-order chi connectivity index (χ0) is 10.6. The molecule has 14 heavy (non-hydrogen) atoms. The van der Waals surface area contributed by atoms with Crippen LogP contribution >= 0.6 is 0 Å². The Bertz CT molecular complexity index is 272. The number of benzene rings is 1. The van der Waals surface area contributed by atoms with Crippen LogP contribution < -0.4 is 5.73 Å². The molecule has 1 rings (SSSR count). The molecule has 4 nitrogen and oxygen atoms in total. The van der Waals surface area contributed by atoms with Crippen molar-refractivity contribution in [3.63, 3.8) is 0 Å². The van der Waals surface area contributed by atoms with E-state index >= 15 is 0 Å². The van der Waals surface area contributed by atoms with Gasteiger partial charge in [-0.25, -0.2) is 0 Å². The molecular weight excluding hydrogens is 182 g/mol. The predicted molar refractivity (Wildman–Crippen MR) is 53.8 cm³/mol. The van der Waals surface area contributed by atoms with Gasteiger partial charge in [0, 0.05) is 5.69 Å². The fraction of sp³-hybridized carbons (Fsp3) is 0.400. The second-order valence-electron chi connectivity index (χ2n) is 3.38. The first-order valence-corrected chi connectivity index (χ1v) is 4.37. The third-order valence-corrected chi connectivity index (χ3v) is 2.43. The first-order valence-electron chi connectivity index (χ1n) is 4.37. The number of anilines is 1. The molecule has 0 bridgehead atoms. The van der Waals surface area contributed by atoms with Crippen molar-refractivity contribution >= 4 is 5.69 Å². The topological polar surface area (TPSA) is 86.7 Å². The highest BCUT2D eigenvalue weighted by Crippen LogP contribution is 2.23. The molecule has 0 fully saturated rings. The van der Waals surface area contributed by atoms with Crippen LogP contribution in [0.15, 0.2) is 24.3 Å². The van der Waals surface area contributed by atoms with Crippen molar-refractivity contribution in [3.8, 4) is 0 Å². The van der Waals surface area contributed by atoms with Crippen molar-refractivity contribution < 1.29 is 15.3 Å². The summed E-state index contributed by atoms with van der Waals surface area (Å²) in [6, 6.07) is 6.73. The standard InChI is InChI=1S/C10H15NO3/c11-9-3-1-8(2-4-9)10(5-12,6-13)7-14/h1-4,12-14H,5-7,11H2. The van der Waals surface area contributed by atoms with Crippen LogP contribution in [-0.4, -0.2) is 35.1 Å². The molecule has 0 heterocycles. The lowest BCUT2D eigenvalue weighted by Gasteiger charge is -2.27. The van der Waals surface area contributed by atoms with Crippen molar-refractivity contribution in [2.24, 2.45) is 0 Å². The van der Waals surface area contributed by atoms with E-state index in [1.807, 2.05) is 0 Å². The van der Waals surface area contributed by atoms with Gasteiger partial charge in [0.05, 0.1) is 25.2 Å². The summed E-state index contributed by atoms with van der Waals surface area (Å²) in [6.45, 7) is -0.905. The van der Waals surface area contributed by atoms with E-state index < -0.39 is 5.41 Å². The van der Waals surface area contributed by atoms with Crippen LogP contribution in [0.4, 0.5) is 5.69 Å². The Morgan fingerprint density at radius 1 is 0.929 bits per heavy atom. The van der Waals surface area contributed by atoms with Crippen LogP contribution in [0.3, 0.4) is 0 Å². The summed E-state index contributed by atoms with van der Waals surface area (Å²) in [5, 5.41) is 27.4. The van der Waals surface area contributed by atoms with Crippen molar-refractivity contribution in [3.05, 3.63) is 29.8 Å². The van der Waals surface area contributed by atoms with E-state index in [0.717, 1.165) is 0 Å². The third kappa shape index (κ3) is 1.87. The lowest BCUT2D eigenvalue weighted by Crippen LogP contribution is -2.38. The van der Waals surface area contributed by atoms with Gasteiger partial charge in [0.15, 0.2) is 0 Å². The minimum absolute atomic E-state index is 0.302. The minimum atomic E-state index is -0.978. The molecule has 0 spiro atoms. The van der Waals surface area contributed by atoms with Gasteiger partial charge in [0.2, 0.25) is 0 Å². The molecule has 0 atom stereocenters. The normalized spacial score (nSPS) is 11.6. The van der Waals surface area contributed by atoms with Gasteiger partial charge in [-0.15, -0.1) is 0 Å². The molecule has 0 unspecified atom stereocenters. The van der Waals surface area contributed by atoms with Gasteiger partial charge in [-0.2, -0.15) is 0 Å². The number of rotatable bonds is 4. The highest BCUT2D eigenvalue weighted by Gasteiger charge is 2.29. The number of aliphatic hydroxyl groups excluding tert-OH is 3. The average Bonchev–Trinajstić information content (AvgIpc) is 2.24. The lowest BCUT2D eigenvalue weighted by atomic mass is 9.83. The quantitative estimate of drug-likeness (QED) is 0.489. The first kappa shape index (κ1) is 11.0. The summed E-state index contributed by atoms with van der Waals surface area (Å²) in [7, 11) is 0. The highest BCUT2D eigenvalue weighted by atomic mass is 16.3. The van der Waals surface area contributed by atoms with E-state index in [1.54, 1.807) is 24.3 Å². The van der Waals surface area contributed by atoms with Gasteiger partial charge in [0.25, 0.3) is 0 Å². The Hall–Kier alpha value is -1.10. The van der Waals surface area contributed by atoms with Crippen LogP contribution in [-0.2, 0) is 5.41 Å². The summed E-state index contributed by atoms with van der Waals surface area (Å²) in [4.78, 5) is 0. The largest absolute Gasteiger partial charge is 0.399 e. The van der Waals surface area contributed by atoms with E-state index in [4.69, 9.17) is 21.1 Å². The number of hydrogen-bond donors (Lipinski definition) is 4. The number of aliphatic hydroxyl groups is 3. The Morgan fingerprint density at radius 3 is 1.71 bits per heavy atom. The molecule has 1 aromatic carbocycles. The molecule has 0 aliphatic rings. The van der Waals surface area contributed by atoms with Crippen molar-refractivity contribution in [2.45, 2.75) is 5.41 Å². The summed E-state index contributed by atoms with van der Waals surface area (Å²) < 4.78 is 0. The van der Waals surface area contributed by atoms with E-state index in [-0.39, 0.29) is 19.8 Å². The van der Waals surface area contributed by atoms with Gasteiger partial charge in [-0.1, -0.05) is 12.1 Å². The van der Waals surface area contributed by atoms with Crippen molar-refractivity contribution in [1.82, 2.24) is 0 Å². The van der Waals surface area contributed by atoms with Crippen LogP contribution in [0.25, 0.3) is 0 Å². The maximum absolute atomic E-state index is 9.15. The monoisotopic (exact) mass is 197 g/mol. The van der Waals surface area contributed by atoms with Crippen molar-refractivity contribution in [2.75, 3.05) is 25.6 Å². The molecule has 1 aromatic rings. The molecule has 4 heteroatoms. The van der Waals surface area contributed by atoms with Gasteiger partial charge in [-0.3, -0.25) is 0 Å². The highest BCUT2D eigenvalue weighted by molar-refractivity contribution is 5.41. The Labute approximate surface area is 82.6 Å². The Balaban J connectivity index is 3.05. The zero-order valence-corrected chi connectivity index (χ0v) is 7.85. The summed E-state index contributed by atoms with van der Waals surface area (Å²) in [5.74, 6) is 0. The molecule has 0 aliphatic carbocycles. The molecule has 0 saturated heterocycles. The maximum atomic E-state index is 9.15. The van der Waals surface area contributed by atoms with Gasteiger partial charge >= 0.3 is 0 Å². The second kappa shape index (κ2) is 4.41. The average molecular weight is 197 g/mol. The van der Waals surface area contributed by atoms with E-state index in [2.05, 4.69) is 0 Å². The van der Waals surface area contributed by atoms with Crippen LogP contribution in [0.2, 0.25) is 0 Å². The molecule has 0 radical (unpaired) electrons. The molecule has 0 amide bonds. The van der Waals surface area contributed by atoms with Gasteiger partial charge in [0.1, 0.15) is 0 Å². The zero-order valence-electron chi connectivity index (χ0n) is 7.85. The third-order valence-electron chi connectivity index (χ3n) is 2.43. The Morgan fingerprint density at radius 2 is 1.36 bits per heavy atom. The molecular formula is C10H15NO3. The van der Waals surface area contributed by atoms with Crippen LogP contribution in [0, 0.1) is 0 Å². The molecule has 78 valence electrons. The Kier molecular flexibility index (Phi) is 3.46. The summed E-state index contributed by atoms with van der Waals surface area (Å²) in [6.07, 6.45) is 0. The summed E-state index contributed by atoms with van der Waals surface area (Å²) in [5.41, 5.74) is 5.82. The SMILES string of the molecule is Nc1ccc(C(CO)(CO)CO)cc1. The van der Waals surface area contributed by atoms with E-state index in [1.165, 1.54) is 0 Å². The second-order valence-corrected chi connectivity index (χ2v) is 3.38. The number of nitrogens with two attached hydrogens (primary N) is 1. The number of nitrogen functional groups attached to an aromatic ring is 1. The van der Waals surface area contributed by atoms with Gasteiger partial charge in [-0.05, 0) is 17.7 Å². The fourth-order valence-electron chi connectivity index (χ4n) is 1.26. The summed E-state index contributed by atoms with van der Waals surface area (Å²) >= 11 is 0. The maximum Gasteiger partial charge on any atom is 0.0645 e. The van der Waals surface area contributed by atoms with Crippen LogP contribution in [0.1, 0.15) is 5.56 Å². The number of hydrogen-bond acceptors (Lipinski definition) is 4. The smallest absolute Gasteiger partial charge is 0.0645 e. The molecule has 0 aliphatic heterocycles. The van der Waals surface area contributed by atoms with E-state index in [0.29, 0.717) is 11.3 Å². The lowest BCUT2D eigenvalue weighted by molar-refractivity contribution is 0.0641. The first-order chi connectivity index (χ1) is 6.68. The predicted octanol–water partition coefficient (Wildman–Crippen LogP) is -0.517. The minimum Gasteiger partial charge on any atom is -0.399 e. The fourth-order valence-corrected chi connectivity index (χ4v) is 1.26. The molecule has 0 aromatic heterocycles. The van der Waals surface area contributed by atoms with Crippen molar-refractivity contribution in [1.29, 1.82) is 0 Å². The molecule has 5 N–H and O–H groups in total. The van der Waals surface area contributed by atoms with E-state index in [9.17, 15) is 0 Å². The van der Waals surface area contributed by atoms with Crippen LogP contribution in [0.5, 0.6) is 0 Å².